The maximum atomic E-state index is 12.2. The van der Waals surface area contributed by atoms with Crippen LogP contribution in [0.2, 0.25) is 0 Å². The minimum absolute atomic E-state index is 0.122. The monoisotopic (exact) mass is 269 g/mol. The van der Waals surface area contributed by atoms with Gasteiger partial charge in [0.05, 0.1) is 13.0 Å². The molecule has 0 unspecified atom stereocenters. The number of nitrogens with zero attached hydrogens (tertiary/aromatic N) is 1. The second-order valence-corrected chi connectivity index (χ2v) is 3.10. The number of pyridine rings is 1. The van der Waals surface area contributed by atoms with Gasteiger partial charge in [0, 0.05) is 11.8 Å². The van der Waals surface area contributed by atoms with E-state index in [4.69, 9.17) is 16.3 Å². The zero-order valence-electron chi connectivity index (χ0n) is 8.55. The van der Waals surface area contributed by atoms with Crippen molar-refractivity contribution in [3.05, 3.63) is 17.5 Å². The molecular formula is C9H7ClF3NO3. The first-order valence-electron chi connectivity index (χ1n) is 4.25. The molecule has 0 radical (unpaired) electrons. The Morgan fingerprint density at radius 3 is 2.53 bits per heavy atom. The van der Waals surface area contributed by atoms with E-state index in [-0.39, 0.29) is 23.5 Å². The molecule has 0 aromatic carbocycles. The molecule has 0 aliphatic rings. The largest absolute Gasteiger partial charge is 0.573 e. The van der Waals surface area contributed by atoms with Gasteiger partial charge in [0.15, 0.2) is 12.0 Å². The van der Waals surface area contributed by atoms with Gasteiger partial charge >= 0.3 is 6.36 Å². The van der Waals surface area contributed by atoms with Gasteiger partial charge in [-0.1, -0.05) is 0 Å². The van der Waals surface area contributed by atoms with Crippen molar-refractivity contribution in [1.82, 2.24) is 4.98 Å². The zero-order chi connectivity index (χ0) is 13.1. The summed E-state index contributed by atoms with van der Waals surface area (Å²) in [6, 6.07) is 0. The quantitative estimate of drug-likeness (QED) is 0.622. The zero-order valence-corrected chi connectivity index (χ0v) is 9.30. The van der Waals surface area contributed by atoms with Gasteiger partial charge in [0.25, 0.3) is 0 Å². The number of aldehydes is 1. The lowest BCUT2D eigenvalue weighted by atomic mass is 10.2. The highest BCUT2D eigenvalue weighted by molar-refractivity contribution is 6.17. The molecule has 0 spiro atoms. The van der Waals surface area contributed by atoms with Crippen molar-refractivity contribution >= 4 is 17.9 Å². The number of aromatic nitrogens is 1. The van der Waals surface area contributed by atoms with Crippen LogP contribution in [-0.2, 0) is 5.88 Å². The van der Waals surface area contributed by atoms with E-state index >= 15 is 0 Å². The number of halogens is 4. The van der Waals surface area contributed by atoms with Gasteiger partial charge in [0.2, 0.25) is 5.75 Å². The smallest absolute Gasteiger partial charge is 0.492 e. The van der Waals surface area contributed by atoms with E-state index in [1.807, 2.05) is 0 Å². The summed E-state index contributed by atoms with van der Waals surface area (Å²) in [6.07, 6.45) is -3.65. The van der Waals surface area contributed by atoms with Crippen LogP contribution in [0.3, 0.4) is 0 Å². The summed E-state index contributed by atoms with van der Waals surface area (Å²) in [5.74, 6) is -1.16. The maximum Gasteiger partial charge on any atom is 0.573 e. The standard InChI is InChI=1S/C9H7ClF3NO3/c1-16-7-5(2-10)3-14-6(4-15)8(7)17-9(11,12)13/h3-4H,2H2,1H3. The molecule has 0 saturated carbocycles. The lowest BCUT2D eigenvalue weighted by molar-refractivity contribution is -0.275. The Morgan fingerprint density at radius 2 is 2.12 bits per heavy atom. The first kappa shape index (κ1) is 13.6. The number of rotatable bonds is 4. The Balaban J connectivity index is 3.35. The summed E-state index contributed by atoms with van der Waals surface area (Å²) >= 11 is 5.50. The highest BCUT2D eigenvalue weighted by atomic mass is 35.5. The fraction of sp³-hybridized carbons (Fsp3) is 0.333. The van der Waals surface area contributed by atoms with Crippen LogP contribution in [0.1, 0.15) is 16.1 Å². The van der Waals surface area contributed by atoms with Crippen molar-refractivity contribution < 1.29 is 27.4 Å². The van der Waals surface area contributed by atoms with Crippen LogP contribution in [0.15, 0.2) is 6.20 Å². The molecular weight excluding hydrogens is 263 g/mol. The Morgan fingerprint density at radius 1 is 1.47 bits per heavy atom. The number of ether oxygens (including phenoxy) is 2. The summed E-state index contributed by atoms with van der Waals surface area (Å²) in [4.78, 5) is 14.1. The SMILES string of the molecule is COc1c(CCl)cnc(C=O)c1OC(F)(F)F. The van der Waals surface area contributed by atoms with E-state index in [1.54, 1.807) is 0 Å². The minimum Gasteiger partial charge on any atom is -0.492 e. The molecule has 1 aromatic heterocycles. The normalized spacial score (nSPS) is 11.1. The minimum atomic E-state index is -4.95. The number of hydrogen-bond acceptors (Lipinski definition) is 4. The molecule has 0 atom stereocenters. The van der Waals surface area contributed by atoms with Gasteiger partial charge in [-0.25, -0.2) is 4.98 Å². The van der Waals surface area contributed by atoms with Crippen molar-refractivity contribution in [3.63, 3.8) is 0 Å². The molecule has 0 saturated heterocycles. The number of carbonyl (C=O) groups is 1. The fourth-order valence-electron chi connectivity index (χ4n) is 1.14. The number of carbonyl (C=O) groups excluding carboxylic acids is 1. The van der Waals surface area contributed by atoms with Crippen LogP contribution < -0.4 is 9.47 Å². The average Bonchev–Trinajstić information content (AvgIpc) is 2.26. The van der Waals surface area contributed by atoms with Gasteiger partial charge in [-0.15, -0.1) is 24.8 Å². The fourth-order valence-corrected chi connectivity index (χ4v) is 1.33. The first-order valence-corrected chi connectivity index (χ1v) is 4.79. The van der Waals surface area contributed by atoms with Crippen molar-refractivity contribution in [2.24, 2.45) is 0 Å². The summed E-state index contributed by atoms with van der Waals surface area (Å²) < 4.78 is 44.9. The number of methoxy groups -OCH3 is 1. The summed E-state index contributed by atoms with van der Waals surface area (Å²) in [6.45, 7) is 0. The molecule has 1 aromatic rings. The molecule has 0 bridgehead atoms. The molecule has 1 rings (SSSR count). The molecule has 0 amide bonds. The summed E-state index contributed by atoms with van der Waals surface area (Å²) in [5, 5.41) is 0. The molecule has 94 valence electrons. The Bertz CT molecular complexity index is 423. The van der Waals surface area contributed by atoms with Crippen molar-refractivity contribution in [2.75, 3.05) is 7.11 Å². The van der Waals surface area contributed by atoms with Crippen molar-refractivity contribution in [1.29, 1.82) is 0 Å². The maximum absolute atomic E-state index is 12.2. The third-order valence-corrected chi connectivity index (χ3v) is 2.06. The molecule has 0 aliphatic carbocycles. The van der Waals surface area contributed by atoms with Crippen LogP contribution in [0, 0.1) is 0 Å². The number of hydrogen-bond donors (Lipinski definition) is 0. The van der Waals surface area contributed by atoms with E-state index in [0.717, 1.165) is 13.3 Å². The lowest BCUT2D eigenvalue weighted by Crippen LogP contribution is -2.19. The predicted octanol–water partition coefficient (Wildman–Crippen LogP) is 2.54. The predicted molar refractivity (Wildman–Crippen MR) is 52.4 cm³/mol. The number of alkyl halides is 4. The van der Waals surface area contributed by atoms with Gasteiger partial charge in [-0.05, 0) is 0 Å². The van der Waals surface area contributed by atoms with E-state index in [9.17, 15) is 18.0 Å². The molecule has 8 heteroatoms. The van der Waals surface area contributed by atoms with Crippen LogP contribution >= 0.6 is 11.6 Å². The molecule has 0 aliphatic heterocycles. The third-order valence-electron chi connectivity index (χ3n) is 1.77. The Kier molecular flexibility index (Phi) is 4.17. The highest BCUT2D eigenvalue weighted by Gasteiger charge is 2.34. The van der Waals surface area contributed by atoms with Crippen LogP contribution in [0.5, 0.6) is 11.5 Å². The van der Waals surface area contributed by atoms with Gasteiger partial charge in [-0.3, -0.25) is 4.79 Å². The van der Waals surface area contributed by atoms with Crippen LogP contribution in [0.4, 0.5) is 13.2 Å². The Labute approximate surface area is 99.3 Å². The third kappa shape index (κ3) is 3.23. The van der Waals surface area contributed by atoms with Gasteiger partial charge < -0.3 is 9.47 Å². The first-order chi connectivity index (χ1) is 7.92. The topological polar surface area (TPSA) is 48.4 Å². The van der Waals surface area contributed by atoms with E-state index < -0.39 is 17.8 Å². The van der Waals surface area contributed by atoms with Gasteiger partial charge in [-0.2, -0.15) is 0 Å². The van der Waals surface area contributed by atoms with Gasteiger partial charge in [0.1, 0.15) is 5.69 Å². The van der Waals surface area contributed by atoms with Crippen molar-refractivity contribution in [3.8, 4) is 11.5 Å². The molecule has 1 heterocycles. The van der Waals surface area contributed by atoms with Crippen LogP contribution in [-0.4, -0.2) is 24.7 Å². The van der Waals surface area contributed by atoms with Crippen molar-refractivity contribution in [2.45, 2.75) is 12.2 Å². The molecule has 4 nitrogen and oxygen atoms in total. The second kappa shape index (κ2) is 5.22. The molecule has 0 N–H and O–H groups in total. The van der Waals surface area contributed by atoms with Crippen LogP contribution in [0.25, 0.3) is 0 Å². The Hall–Kier alpha value is -1.50. The van der Waals surface area contributed by atoms with E-state index in [2.05, 4.69) is 9.72 Å². The van der Waals surface area contributed by atoms with E-state index in [0.29, 0.717) is 0 Å². The highest BCUT2D eigenvalue weighted by Crippen LogP contribution is 2.37. The molecule has 0 fully saturated rings. The molecule has 17 heavy (non-hydrogen) atoms. The summed E-state index contributed by atoms with van der Waals surface area (Å²) in [7, 11) is 1.14. The summed E-state index contributed by atoms with van der Waals surface area (Å²) in [5.41, 5.74) is -0.313. The second-order valence-electron chi connectivity index (χ2n) is 2.83. The average molecular weight is 270 g/mol. The van der Waals surface area contributed by atoms with E-state index in [1.165, 1.54) is 0 Å². The lowest BCUT2D eigenvalue weighted by Gasteiger charge is -2.15.